The zero-order valence-electron chi connectivity index (χ0n) is 8.19. The second kappa shape index (κ2) is 6.34. The van der Waals surface area contributed by atoms with Crippen molar-refractivity contribution in [2.24, 2.45) is 5.92 Å². The van der Waals surface area contributed by atoms with Gasteiger partial charge in [0.15, 0.2) is 0 Å². The minimum Gasteiger partial charge on any atom is -0.264 e. The molecule has 0 aromatic rings. The highest BCUT2D eigenvalue weighted by molar-refractivity contribution is 7.80. The van der Waals surface area contributed by atoms with Crippen molar-refractivity contribution in [3.63, 3.8) is 0 Å². The fourth-order valence-corrected chi connectivity index (χ4v) is 1.29. The van der Waals surface area contributed by atoms with Crippen molar-refractivity contribution >= 4 is 10.4 Å². The van der Waals surface area contributed by atoms with Crippen LogP contribution in [0.1, 0.15) is 39.5 Å². The zero-order chi connectivity index (χ0) is 10.3. The molecule has 1 unspecified atom stereocenters. The highest BCUT2D eigenvalue weighted by Gasteiger charge is 2.03. The molecule has 0 aromatic carbocycles. The van der Waals surface area contributed by atoms with Gasteiger partial charge < -0.3 is 0 Å². The maximum atomic E-state index is 10.1. The highest BCUT2D eigenvalue weighted by Crippen LogP contribution is 2.10. The molecular formula is C8H18O4S. The minimum absolute atomic E-state index is 0.0786. The molecule has 0 radical (unpaired) electrons. The van der Waals surface area contributed by atoms with Crippen LogP contribution in [0, 0.1) is 5.92 Å². The maximum Gasteiger partial charge on any atom is 0.397 e. The Morgan fingerprint density at radius 3 is 2.46 bits per heavy atom. The van der Waals surface area contributed by atoms with Gasteiger partial charge in [0.05, 0.1) is 6.61 Å². The molecule has 0 heterocycles. The van der Waals surface area contributed by atoms with Crippen LogP contribution in [0.4, 0.5) is 0 Å². The molecule has 0 aliphatic rings. The Hall–Kier alpha value is -0.130. The molecule has 0 aliphatic heterocycles. The molecule has 4 nitrogen and oxygen atoms in total. The van der Waals surface area contributed by atoms with E-state index in [1.54, 1.807) is 0 Å². The fraction of sp³-hybridized carbons (Fsp3) is 1.00. The van der Waals surface area contributed by atoms with Crippen LogP contribution in [0.2, 0.25) is 0 Å². The molecule has 1 atom stereocenters. The summed E-state index contributed by atoms with van der Waals surface area (Å²) in [5.74, 6) is 0.672. The lowest BCUT2D eigenvalue weighted by Crippen LogP contribution is -2.05. The molecule has 13 heavy (non-hydrogen) atoms. The minimum atomic E-state index is -4.23. The third-order valence-corrected chi connectivity index (χ3v) is 2.48. The summed E-state index contributed by atoms with van der Waals surface area (Å²) in [6.07, 6.45) is 3.82. The fourth-order valence-electron chi connectivity index (χ4n) is 0.963. The van der Waals surface area contributed by atoms with Gasteiger partial charge in [-0.3, -0.25) is 4.55 Å². The number of hydrogen-bond donors (Lipinski definition) is 1. The Labute approximate surface area is 80.2 Å². The van der Waals surface area contributed by atoms with Gasteiger partial charge in [-0.1, -0.05) is 33.1 Å². The van der Waals surface area contributed by atoms with Crippen molar-refractivity contribution in [1.82, 2.24) is 0 Å². The van der Waals surface area contributed by atoms with Crippen molar-refractivity contribution in [1.29, 1.82) is 0 Å². The first-order valence-corrected chi connectivity index (χ1v) is 5.94. The first kappa shape index (κ1) is 12.9. The largest absolute Gasteiger partial charge is 0.397 e. The van der Waals surface area contributed by atoms with E-state index in [1.165, 1.54) is 0 Å². The van der Waals surface area contributed by atoms with Crippen LogP contribution < -0.4 is 0 Å². The van der Waals surface area contributed by atoms with Crippen molar-refractivity contribution in [2.75, 3.05) is 6.61 Å². The number of unbranched alkanes of at least 4 members (excludes halogenated alkanes) is 1. The van der Waals surface area contributed by atoms with E-state index in [2.05, 4.69) is 18.0 Å². The molecule has 0 saturated carbocycles. The summed E-state index contributed by atoms with van der Waals surface area (Å²) in [5.41, 5.74) is 0. The quantitative estimate of drug-likeness (QED) is 0.516. The van der Waals surface area contributed by atoms with Gasteiger partial charge in [-0.15, -0.1) is 0 Å². The predicted octanol–water partition coefficient (Wildman–Crippen LogP) is 2.02. The molecule has 0 amide bonds. The van der Waals surface area contributed by atoms with Gasteiger partial charge in [-0.2, -0.15) is 8.42 Å². The standard InChI is InChI=1S/C8H18O4S/c1-3-8(2)6-4-5-7-12-13(9,10)11/h8H,3-7H2,1-2H3,(H,9,10,11). The van der Waals surface area contributed by atoms with Crippen LogP contribution in [0.25, 0.3) is 0 Å². The van der Waals surface area contributed by atoms with Gasteiger partial charge in [-0.25, -0.2) is 4.18 Å². The molecule has 0 saturated heterocycles. The predicted molar refractivity (Wildman–Crippen MR) is 50.8 cm³/mol. The van der Waals surface area contributed by atoms with Crippen molar-refractivity contribution in [3.05, 3.63) is 0 Å². The second-order valence-electron chi connectivity index (χ2n) is 3.26. The monoisotopic (exact) mass is 210 g/mol. The summed E-state index contributed by atoms with van der Waals surface area (Å²) in [5, 5.41) is 0. The molecule has 5 heteroatoms. The van der Waals surface area contributed by atoms with Gasteiger partial charge in [-0.05, 0) is 12.3 Å². The zero-order valence-corrected chi connectivity index (χ0v) is 9.01. The second-order valence-corrected chi connectivity index (χ2v) is 4.35. The molecule has 80 valence electrons. The van der Waals surface area contributed by atoms with Crippen LogP contribution in [0.3, 0.4) is 0 Å². The maximum absolute atomic E-state index is 10.1. The molecule has 0 aromatic heterocycles. The molecule has 0 fully saturated rings. The molecule has 0 bridgehead atoms. The summed E-state index contributed by atoms with van der Waals surface area (Å²) in [7, 11) is -4.23. The van der Waals surface area contributed by atoms with E-state index < -0.39 is 10.4 Å². The van der Waals surface area contributed by atoms with Crippen LogP contribution >= 0.6 is 0 Å². The van der Waals surface area contributed by atoms with E-state index >= 15 is 0 Å². The van der Waals surface area contributed by atoms with Crippen LogP contribution in [0.15, 0.2) is 0 Å². The van der Waals surface area contributed by atoms with E-state index in [0.717, 1.165) is 19.3 Å². The van der Waals surface area contributed by atoms with E-state index in [0.29, 0.717) is 12.3 Å². The molecule has 0 spiro atoms. The Balaban J connectivity index is 3.27. The van der Waals surface area contributed by atoms with Crippen LogP contribution in [-0.2, 0) is 14.6 Å². The molecule has 1 N–H and O–H groups in total. The highest BCUT2D eigenvalue weighted by atomic mass is 32.3. The first-order chi connectivity index (χ1) is 5.95. The van der Waals surface area contributed by atoms with Gasteiger partial charge in [0.2, 0.25) is 0 Å². The Morgan fingerprint density at radius 1 is 1.38 bits per heavy atom. The average molecular weight is 210 g/mol. The van der Waals surface area contributed by atoms with Gasteiger partial charge in [0.25, 0.3) is 0 Å². The number of rotatable bonds is 7. The SMILES string of the molecule is CCC(C)CCCCOS(=O)(=O)O. The normalized spacial score (nSPS) is 14.4. The Bertz CT molecular complexity index is 210. The third kappa shape index (κ3) is 9.79. The first-order valence-electron chi connectivity index (χ1n) is 4.57. The van der Waals surface area contributed by atoms with E-state index in [1.807, 2.05) is 0 Å². The summed E-state index contributed by atoms with van der Waals surface area (Å²) in [6.45, 7) is 4.36. The van der Waals surface area contributed by atoms with Gasteiger partial charge in [0, 0.05) is 0 Å². The Morgan fingerprint density at radius 2 is 2.00 bits per heavy atom. The lowest BCUT2D eigenvalue weighted by atomic mass is 10.0. The lowest BCUT2D eigenvalue weighted by molar-refractivity contribution is 0.259. The van der Waals surface area contributed by atoms with Gasteiger partial charge in [0.1, 0.15) is 0 Å². The van der Waals surface area contributed by atoms with E-state index in [4.69, 9.17) is 4.55 Å². The smallest absolute Gasteiger partial charge is 0.264 e. The lowest BCUT2D eigenvalue weighted by Gasteiger charge is -2.06. The van der Waals surface area contributed by atoms with E-state index in [9.17, 15) is 8.42 Å². The van der Waals surface area contributed by atoms with Crippen molar-refractivity contribution < 1.29 is 17.2 Å². The summed E-state index contributed by atoms with van der Waals surface area (Å²) in [4.78, 5) is 0. The summed E-state index contributed by atoms with van der Waals surface area (Å²) in [6, 6.07) is 0. The molecular weight excluding hydrogens is 192 g/mol. The molecule has 0 rings (SSSR count). The van der Waals surface area contributed by atoms with Crippen LogP contribution in [0.5, 0.6) is 0 Å². The molecule has 0 aliphatic carbocycles. The average Bonchev–Trinajstić information content (AvgIpc) is 2.01. The van der Waals surface area contributed by atoms with Gasteiger partial charge >= 0.3 is 10.4 Å². The topological polar surface area (TPSA) is 63.6 Å². The summed E-state index contributed by atoms with van der Waals surface area (Å²) >= 11 is 0. The van der Waals surface area contributed by atoms with Crippen molar-refractivity contribution in [3.8, 4) is 0 Å². The number of hydrogen-bond acceptors (Lipinski definition) is 3. The van der Waals surface area contributed by atoms with E-state index in [-0.39, 0.29) is 6.61 Å². The van der Waals surface area contributed by atoms with Crippen molar-refractivity contribution in [2.45, 2.75) is 39.5 Å². The Kier molecular flexibility index (Phi) is 6.28. The van der Waals surface area contributed by atoms with Crippen LogP contribution in [-0.4, -0.2) is 19.6 Å². The third-order valence-electron chi connectivity index (χ3n) is 2.02. The summed E-state index contributed by atoms with van der Waals surface area (Å²) < 4.78 is 32.6.